The topological polar surface area (TPSA) is 306 Å². The fourth-order valence-corrected chi connectivity index (χ4v) is 0. The van der Waals surface area contributed by atoms with Crippen LogP contribution in [0.1, 0.15) is 0 Å². The monoisotopic (exact) mass is 354 g/mol. The third kappa shape index (κ3) is 7680. The van der Waals surface area contributed by atoms with Crippen LogP contribution < -0.4 is 69.2 Å². The Bertz CT molecular complexity index is 129. The SMILES string of the molecule is O=C(O)O.OB(O)O.OB(O)O.OB(O)O.[Na+].[Na+].[O-]B([O-])O. The van der Waals surface area contributed by atoms with Crippen molar-refractivity contribution in [3.63, 3.8) is 0 Å². The Hall–Kier alpha value is 1.05. The summed E-state index contributed by atoms with van der Waals surface area (Å²) in [6.45, 7) is 0. The maximum atomic E-state index is 8.56. The zero-order valence-electron chi connectivity index (χ0n) is 11.4. The third-order valence-electron chi connectivity index (χ3n) is 0. The molecule has 0 unspecified atom stereocenters. The molecule has 0 atom stereocenters. The minimum atomic E-state index is -2.67. The van der Waals surface area contributed by atoms with E-state index in [4.69, 9.17) is 75.3 Å². The Balaban J connectivity index is -0.0000000250. The van der Waals surface area contributed by atoms with Crippen molar-refractivity contribution in [1.29, 1.82) is 0 Å². The molecule has 0 saturated carbocycles. The molecule has 0 aromatic carbocycles. The van der Waals surface area contributed by atoms with E-state index in [1.165, 1.54) is 0 Å². The van der Waals surface area contributed by atoms with Gasteiger partial charge in [0.2, 0.25) is 0 Å². The Labute approximate surface area is 169 Å². The van der Waals surface area contributed by atoms with Crippen molar-refractivity contribution in [3.8, 4) is 0 Å². The van der Waals surface area contributed by atoms with Gasteiger partial charge >= 0.3 is 87.2 Å². The minimum Gasteiger partial charge on any atom is -0.871 e. The first-order valence-corrected chi connectivity index (χ1v) is 3.70. The summed E-state index contributed by atoms with van der Waals surface area (Å²) in [5.41, 5.74) is 0. The van der Waals surface area contributed by atoms with Gasteiger partial charge in [-0.25, -0.2) is 4.79 Å². The molecule has 0 spiro atoms. The summed E-state index contributed by atoms with van der Waals surface area (Å²) in [4.78, 5) is 8.56. The van der Waals surface area contributed by atoms with Crippen LogP contribution in [-0.2, 0) is 0 Å². The molecule has 21 heteroatoms. The molecule has 120 valence electrons. The zero-order chi connectivity index (χ0) is 17.9. The molecule has 0 aliphatic rings. The van der Waals surface area contributed by atoms with E-state index in [-0.39, 0.29) is 59.1 Å². The molecule has 0 saturated heterocycles. The average molecular weight is 353 g/mol. The minimum absolute atomic E-state index is 0. The van der Waals surface area contributed by atoms with Crippen LogP contribution in [0.15, 0.2) is 0 Å². The van der Waals surface area contributed by atoms with Crippen molar-refractivity contribution >= 4 is 35.4 Å². The molecule has 0 aliphatic carbocycles. The van der Waals surface area contributed by atoms with Crippen LogP contribution in [0.2, 0.25) is 0 Å². The van der Waals surface area contributed by atoms with Gasteiger partial charge in [-0.1, -0.05) is 0 Å². The van der Waals surface area contributed by atoms with Gasteiger partial charge in [0.05, 0.1) is 7.32 Å². The van der Waals surface area contributed by atoms with Crippen molar-refractivity contribution in [2.75, 3.05) is 0 Å². The van der Waals surface area contributed by atoms with Gasteiger partial charge in [0.1, 0.15) is 0 Å². The number of rotatable bonds is 0. The van der Waals surface area contributed by atoms with Crippen molar-refractivity contribution in [3.05, 3.63) is 0 Å². The van der Waals surface area contributed by atoms with E-state index < -0.39 is 35.4 Å². The maximum absolute atomic E-state index is 8.56. The molecule has 0 rings (SSSR count). The van der Waals surface area contributed by atoms with Gasteiger partial charge in [-0.2, -0.15) is 0 Å². The molecule has 0 bridgehead atoms. The summed E-state index contributed by atoms with van der Waals surface area (Å²) in [6, 6.07) is 0. The predicted molar refractivity (Wildman–Crippen MR) is 55.9 cm³/mol. The van der Waals surface area contributed by atoms with Crippen molar-refractivity contribution in [2.45, 2.75) is 0 Å². The molecule has 0 radical (unpaired) electrons. The average Bonchev–Trinajstić information content (AvgIpc) is 1.94. The quantitative estimate of drug-likeness (QED) is 0.180. The summed E-state index contributed by atoms with van der Waals surface area (Å²) in [5.74, 6) is 0. The van der Waals surface area contributed by atoms with Crippen molar-refractivity contribution in [1.82, 2.24) is 0 Å². The second-order valence-corrected chi connectivity index (χ2v) is 1.63. The first kappa shape index (κ1) is 43.5. The molecular formula is CH12B4Na2O15. The maximum Gasteiger partial charge on any atom is 1.00 e. The van der Waals surface area contributed by atoms with Crippen LogP contribution >= 0.6 is 0 Å². The van der Waals surface area contributed by atoms with Gasteiger partial charge in [0, 0.05) is 0 Å². The van der Waals surface area contributed by atoms with E-state index in [1.54, 1.807) is 0 Å². The van der Waals surface area contributed by atoms with Crippen LogP contribution in [0.5, 0.6) is 0 Å². The van der Waals surface area contributed by atoms with E-state index >= 15 is 0 Å². The molecule has 15 nitrogen and oxygen atoms in total. The van der Waals surface area contributed by atoms with Crippen LogP contribution in [0, 0.1) is 0 Å². The van der Waals surface area contributed by atoms with E-state index in [0.29, 0.717) is 0 Å². The van der Waals surface area contributed by atoms with Crippen LogP contribution in [0.3, 0.4) is 0 Å². The van der Waals surface area contributed by atoms with Gasteiger partial charge in [0.15, 0.2) is 0 Å². The van der Waals surface area contributed by atoms with Crippen LogP contribution in [0.25, 0.3) is 0 Å². The van der Waals surface area contributed by atoms with E-state index in [1.807, 2.05) is 0 Å². The molecule has 0 aliphatic heterocycles. The second kappa shape index (κ2) is 37.9. The molecule has 0 fully saturated rings. The van der Waals surface area contributed by atoms with Crippen molar-refractivity contribution < 1.29 is 134 Å². The molecule has 0 aromatic heterocycles. The summed E-state index contributed by atoms with van der Waals surface area (Å²) in [7, 11) is -9.17. The number of carboxylic acid groups (broad SMARTS) is 2. The molecule has 0 amide bonds. The molecule has 0 heterocycles. The summed E-state index contributed by atoms with van der Waals surface area (Å²) < 4.78 is 0. The first-order chi connectivity index (χ1) is 8.66. The second-order valence-electron chi connectivity index (χ2n) is 1.63. The van der Waals surface area contributed by atoms with Gasteiger partial charge in [-0.3, -0.25) is 0 Å². The molecule has 0 aromatic rings. The van der Waals surface area contributed by atoms with Gasteiger partial charge in [-0.15, -0.1) is 0 Å². The summed E-state index contributed by atoms with van der Waals surface area (Å²) in [6.07, 6.45) is -1.83. The van der Waals surface area contributed by atoms with Crippen LogP contribution in [0.4, 0.5) is 4.79 Å². The molecule has 12 N–H and O–H groups in total. The van der Waals surface area contributed by atoms with Crippen molar-refractivity contribution in [2.24, 2.45) is 0 Å². The standard InChI is InChI=1S/CH2O3.3BH3O3.BHO3.2Na/c5*2-1(3)4;;/h(H2,2,3,4);3*2-4H;2H;;/q;;;;-2;2*+1. The Kier molecular flexibility index (Phi) is 75.0. The van der Waals surface area contributed by atoms with E-state index in [2.05, 4.69) is 0 Å². The number of hydrogen-bond acceptors (Lipinski definition) is 13. The largest absolute Gasteiger partial charge is 1.00 e. The summed E-state index contributed by atoms with van der Waals surface area (Å²) in [5, 5.41) is 102. The third-order valence-corrected chi connectivity index (χ3v) is 0. The first-order valence-electron chi connectivity index (χ1n) is 3.70. The predicted octanol–water partition coefficient (Wildman–Crippen LogP) is -15.2. The Morgan fingerprint density at radius 3 is 0.591 bits per heavy atom. The van der Waals surface area contributed by atoms with Gasteiger partial charge in [0.25, 0.3) is 0 Å². The Morgan fingerprint density at radius 1 is 0.591 bits per heavy atom. The van der Waals surface area contributed by atoms with Crippen LogP contribution in [-0.4, -0.2) is 95.9 Å². The van der Waals surface area contributed by atoms with E-state index in [0.717, 1.165) is 0 Å². The normalized spacial score (nSPS) is 6.00. The molecule has 22 heavy (non-hydrogen) atoms. The smallest absolute Gasteiger partial charge is 0.871 e. The van der Waals surface area contributed by atoms with Gasteiger partial charge < -0.3 is 70.5 Å². The van der Waals surface area contributed by atoms with E-state index in [9.17, 15) is 0 Å². The summed E-state index contributed by atoms with van der Waals surface area (Å²) >= 11 is 0. The van der Waals surface area contributed by atoms with Gasteiger partial charge in [-0.05, 0) is 0 Å². The molecular weight excluding hydrogens is 341 g/mol. The number of carbonyl (C=O) groups is 1. The number of hydrogen-bond donors (Lipinski definition) is 12. The zero-order valence-corrected chi connectivity index (χ0v) is 15.4. The Morgan fingerprint density at radius 2 is 0.591 bits per heavy atom. The fourth-order valence-electron chi connectivity index (χ4n) is 0. The fraction of sp³-hybridized carbons (Fsp3) is 0.